The fourth-order valence-electron chi connectivity index (χ4n) is 4.71. The minimum atomic E-state index is -0.774. The molecular formula is C19H25N3O2. The molecule has 1 aliphatic carbocycles. The molecule has 1 aromatic carbocycles. The number of hydrogen-bond acceptors (Lipinski definition) is 3. The lowest BCUT2D eigenvalue weighted by atomic mass is 9.78. The van der Waals surface area contributed by atoms with Crippen LogP contribution in [0.5, 0.6) is 0 Å². The zero-order valence-corrected chi connectivity index (χ0v) is 14.2. The molecule has 3 unspecified atom stereocenters. The van der Waals surface area contributed by atoms with E-state index in [1.165, 1.54) is 30.4 Å². The first kappa shape index (κ1) is 15.6. The highest BCUT2D eigenvalue weighted by atomic mass is 16.2. The SMILES string of the molecule is CC1(C2CCCN(C3CCCc4ccccc43)C2)NC(=O)NC1=O. The van der Waals surface area contributed by atoms with Crippen LogP contribution in [0.2, 0.25) is 0 Å². The number of aryl methyl sites for hydroxylation is 1. The number of likely N-dealkylation sites (tertiary alicyclic amines) is 1. The molecule has 0 bridgehead atoms. The number of imide groups is 1. The van der Waals surface area contributed by atoms with Crippen molar-refractivity contribution in [1.29, 1.82) is 0 Å². The van der Waals surface area contributed by atoms with Crippen molar-refractivity contribution in [2.75, 3.05) is 13.1 Å². The van der Waals surface area contributed by atoms with E-state index in [1.807, 2.05) is 6.92 Å². The van der Waals surface area contributed by atoms with Gasteiger partial charge in [0, 0.05) is 18.5 Å². The highest BCUT2D eigenvalue weighted by Crippen LogP contribution is 2.38. The lowest BCUT2D eigenvalue weighted by Gasteiger charge is -2.44. The highest BCUT2D eigenvalue weighted by molar-refractivity contribution is 6.07. The average molecular weight is 327 g/mol. The Kier molecular flexibility index (Phi) is 3.83. The molecule has 3 aliphatic rings. The molecule has 2 N–H and O–H groups in total. The van der Waals surface area contributed by atoms with Crippen molar-refractivity contribution in [3.63, 3.8) is 0 Å². The Morgan fingerprint density at radius 1 is 1.17 bits per heavy atom. The zero-order valence-electron chi connectivity index (χ0n) is 14.2. The number of rotatable bonds is 2. The van der Waals surface area contributed by atoms with Gasteiger partial charge in [-0.2, -0.15) is 0 Å². The zero-order chi connectivity index (χ0) is 16.7. The Labute approximate surface area is 142 Å². The summed E-state index contributed by atoms with van der Waals surface area (Å²) in [6, 6.07) is 8.84. The van der Waals surface area contributed by atoms with Gasteiger partial charge < -0.3 is 5.32 Å². The molecule has 128 valence electrons. The topological polar surface area (TPSA) is 61.4 Å². The number of urea groups is 1. The summed E-state index contributed by atoms with van der Waals surface area (Å²) in [7, 11) is 0. The van der Waals surface area contributed by atoms with Crippen LogP contribution in [0.25, 0.3) is 0 Å². The van der Waals surface area contributed by atoms with Crippen molar-refractivity contribution in [3.8, 4) is 0 Å². The average Bonchev–Trinajstić information content (AvgIpc) is 2.87. The third-order valence-electron chi connectivity index (χ3n) is 6.12. The largest absolute Gasteiger partial charge is 0.323 e. The molecule has 2 saturated heterocycles. The molecule has 3 amide bonds. The van der Waals surface area contributed by atoms with Crippen LogP contribution < -0.4 is 10.6 Å². The van der Waals surface area contributed by atoms with Crippen molar-refractivity contribution in [1.82, 2.24) is 15.5 Å². The summed E-state index contributed by atoms with van der Waals surface area (Å²) in [5.41, 5.74) is 2.15. The molecule has 5 heteroatoms. The Morgan fingerprint density at radius 3 is 2.79 bits per heavy atom. The number of carbonyl (C=O) groups excluding carboxylic acids is 2. The molecule has 3 atom stereocenters. The second-order valence-corrected chi connectivity index (χ2v) is 7.55. The van der Waals surface area contributed by atoms with E-state index in [1.54, 1.807) is 0 Å². The Bertz CT molecular complexity index is 674. The van der Waals surface area contributed by atoms with Gasteiger partial charge in [-0.05, 0) is 56.7 Å². The van der Waals surface area contributed by atoms with Gasteiger partial charge >= 0.3 is 6.03 Å². The molecular weight excluding hydrogens is 302 g/mol. The molecule has 0 saturated carbocycles. The highest BCUT2D eigenvalue weighted by Gasteiger charge is 2.49. The van der Waals surface area contributed by atoms with E-state index in [2.05, 4.69) is 39.8 Å². The Morgan fingerprint density at radius 2 is 2.00 bits per heavy atom. The molecule has 2 fully saturated rings. The maximum Gasteiger partial charge on any atom is 0.322 e. The van der Waals surface area contributed by atoms with Gasteiger partial charge in [-0.1, -0.05) is 24.3 Å². The van der Waals surface area contributed by atoms with Crippen molar-refractivity contribution < 1.29 is 9.59 Å². The smallest absolute Gasteiger partial charge is 0.322 e. The van der Waals surface area contributed by atoms with E-state index in [0.29, 0.717) is 6.04 Å². The van der Waals surface area contributed by atoms with Gasteiger partial charge in [0.15, 0.2) is 0 Å². The minimum absolute atomic E-state index is 0.159. The fraction of sp³-hybridized carbons (Fsp3) is 0.579. The number of nitrogens with zero attached hydrogens (tertiary/aromatic N) is 1. The number of carbonyl (C=O) groups is 2. The van der Waals surface area contributed by atoms with Crippen LogP contribution in [0.1, 0.15) is 49.8 Å². The maximum absolute atomic E-state index is 12.3. The quantitative estimate of drug-likeness (QED) is 0.820. The van der Waals surface area contributed by atoms with E-state index in [0.717, 1.165) is 25.9 Å². The van der Waals surface area contributed by atoms with Crippen LogP contribution in [-0.2, 0) is 11.2 Å². The predicted octanol–water partition coefficient (Wildman–Crippen LogP) is 2.37. The third kappa shape index (κ3) is 2.51. The number of hydrogen-bond donors (Lipinski definition) is 2. The lowest BCUT2D eigenvalue weighted by Crippen LogP contribution is -2.56. The van der Waals surface area contributed by atoms with Crippen LogP contribution >= 0.6 is 0 Å². The molecule has 5 nitrogen and oxygen atoms in total. The van der Waals surface area contributed by atoms with Gasteiger partial charge in [0.1, 0.15) is 5.54 Å². The molecule has 2 heterocycles. The second kappa shape index (κ2) is 5.88. The number of fused-ring (bicyclic) bond motifs is 1. The van der Waals surface area contributed by atoms with Gasteiger partial charge in [-0.25, -0.2) is 4.79 Å². The fourth-order valence-corrected chi connectivity index (χ4v) is 4.71. The molecule has 2 aliphatic heterocycles. The van der Waals surface area contributed by atoms with Gasteiger partial charge in [0.25, 0.3) is 5.91 Å². The summed E-state index contributed by atoms with van der Waals surface area (Å²) in [5.74, 6) is -0.0183. The van der Waals surface area contributed by atoms with Gasteiger partial charge in [0.2, 0.25) is 0 Å². The second-order valence-electron chi connectivity index (χ2n) is 7.55. The molecule has 24 heavy (non-hydrogen) atoms. The van der Waals surface area contributed by atoms with Crippen molar-refractivity contribution in [2.45, 2.75) is 50.6 Å². The van der Waals surface area contributed by atoms with E-state index in [9.17, 15) is 9.59 Å². The monoisotopic (exact) mass is 327 g/mol. The molecule has 1 aromatic rings. The minimum Gasteiger partial charge on any atom is -0.323 e. The standard InChI is InChI=1S/C19H25N3O2/c1-19(17(23)20-18(24)21-19)14-8-5-11-22(12-14)16-10-4-7-13-6-2-3-9-15(13)16/h2-3,6,9,14,16H,4-5,7-8,10-12H2,1H3,(H2,20,21,23,24). The first-order chi connectivity index (χ1) is 11.6. The van der Waals surface area contributed by atoms with Gasteiger partial charge in [-0.15, -0.1) is 0 Å². The molecule has 0 aromatic heterocycles. The Hall–Kier alpha value is -1.88. The summed E-state index contributed by atoms with van der Waals surface area (Å²) in [6.07, 6.45) is 5.62. The summed E-state index contributed by atoms with van der Waals surface area (Å²) in [6.45, 7) is 3.81. The van der Waals surface area contributed by atoms with Crippen LogP contribution in [-0.4, -0.2) is 35.5 Å². The number of nitrogens with one attached hydrogen (secondary N) is 2. The van der Waals surface area contributed by atoms with E-state index in [4.69, 9.17) is 0 Å². The normalized spacial score (nSPS) is 33.7. The van der Waals surface area contributed by atoms with E-state index >= 15 is 0 Å². The molecule has 0 radical (unpaired) electrons. The van der Waals surface area contributed by atoms with Gasteiger partial charge in [0.05, 0.1) is 0 Å². The first-order valence-corrected chi connectivity index (χ1v) is 9.03. The number of piperidine rings is 1. The van der Waals surface area contributed by atoms with Crippen molar-refractivity contribution in [3.05, 3.63) is 35.4 Å². The summed E-state index contributed by atoms with van der Waals surface area (Å²) >= 11 is 0. The van der Waals surface area contributed by atoms with E-state index in [-0.39, 0.29) is 17.9 Å². The maximum atomic E-state index is 12.3. The lowest BCUT2D eigenvalue weighted by molar-refractivity contribution is -0.126. The number of benzene rings is 1. The molecule has 0 spiro atoms. The molecule has 4 rings (SSSR count). The Balaban J connectivity index is 1.56. The van der Waals surface area contributed by atoms with Crippen LogP contribution in [0.4, 0.5) is 4.79 Å². The third-order valence-corrected chi connectivity index (χ3v) is 6.12. The summed E-state index contributed by atoms with van der Waals surface area (Å²) in [4.78, 5) is 26.4. The van der Waals surface area contributed by atoms with Crippen molar-refractivity contribution in [2.24, 2.45) is 5.92 Å². The van der Waals surface area contributed by atoms with Crippen molar-refractivity contribution >= 4 is 11.9 Å². The van der Waals surface area contributed by atoms with Crippen LogP contribution in [0.15, 0.2) is 24.3 Å². The van der Waals surface area contributed by atoms with Crippen LogP contribution in [0, 0.1) is 5.92 Å². The van der Waals surface area contributed by atoms with Crippen LogP contribution in [0.3, 0.4) is 0 Å². The van der Waals surface area contributed by atoms with Gasteiger partial charge in [-0.3, -0.25) is 15.0 Å². The number of amides is 3. The van der Waals surface area contributed by atoms with E-state index < -0.39 is 5.54 Å². The summed E-state index contributed by atoms with van der Waals surface area (Å²) < 4.78 is 0. The first-order valence-electron chi connectivity index (χ1n) is 9.03. The summed E-state index contributed by atoms with van der Waals surface area (Å²) in [5, 5.41) is 5.27. The predicted molar refractivity (Wildman–Crippen MR) is 91.5 cm³/mol.